The summed E-state index contributed by atoms with van der Waals surface area (Å²) in [5.74, 6) is 0. The zero-order chi connectivity index (χ0) is 13.1. The van der Waals surface area contributed by atoms with Crippen molar-refractivity contribution in [2.24, 2.45) is 0 Å². The van der Waals surface area contributed by atoms with Crippen LogP contribution in [-0.2, 0) is 6.54 Å². The maximum atomic E-state index is 12.8. The molecule has 0 spiro atoms. The van der Waals surface area contributed by atoms with E-state index in [1.54, 1.807) is 23.5 Å². The van der Waals surface area contributed by atoms with Crippen LogP contribution in [0.2, 0.25) is 0 Å². The lowest BCUT2D eigenvalue weighted by Gasteiger charge is -2.11. The molecule has 6 heteroatoms. The van der Waals surface area contributed by atoms with Crippen LogP contribution in [-0.4, -0.2) is 0 Å². The van der Waals surface area contributed by atoms with E-state index in [1.165, 1.54) is 6.07 Å². The van der Waals surface area contributed by atoms with Gasteiger partial charge in [-0.15, -0.1) is 11.3 Å². The molecule has 2 aromatic rings. The average molecular weight is 333 g/mol. The highest BCUT2D eigenvalue weighted by atomic mass is 79.9. The highest BCUT2D eigenvalue weighted by Gasteiger charge is 2.13. The van der Waals surface area contributed by atoms with Gasteiger partial charge in [0.15, 0.2) is 0 Å². The Kier molecular flexibility index (Phi) is 4.19. The van der Waals surface area contributed by atoms with Crippen molar-refractivity contribution < 1.29 is 8.78 Å². The third kappa shape index (κ3) is 3.20. The molecule has 0 aliphatic heterocycles. The number of halogens is 3. The number of hydrogen-bond acceptors (Lipinski definition) is 3. The predicted molar refractivity (Wildman–Crippen MR) is 75.2 cm³/mol. The van der Waals surface area contributed by atoms with E-state index in [0.717, 1.165) is 8.66 Å². The van der Waals surface area contributed by atoms with Crippen molar-refractivity contribution >= 4 is 38.6 Å². The molecule has 3 N–H and O–H groups in total. The number of hydrogen-bond donors (Lipinski definition) is 2. The number of benzene rings is 1. The van der Waals surface area contributed by atoms with Gasteiger partial charge in [0.2, 0.25) is 0 Å². The van der Waals surface area contributed by atoms with Gasteiger partial charge in [0.25, 0.3) is 6.43 Å². The maximum Gasteiger partial charge on any atom is 0.265 e. The van der Waals surface area contributed by atoms with Crippen LogP contribution in [0.5, 0.6) is 0 Å². The standard InChI is InChI=1S/C12H11BrF2N2S/c13-11-4-2-8(18-11)6-17-10-3-1-7(16)5-9(10)12(14)15/h1-5,12,17H,6,16H2. The molecule has 2 rings (SSSR count). The van der Waals surface area contributed by atoms with E-state index in [9.17, 15) is 8.78 Å². The first-order valence-corrected chi connectivity index (χ1v) is 6.83. The average Bonchev–Trinajstić information content (AvgIpc) is 2.73. The zero-order valence-electron chi connectivity index (χ0n) is 9.29. The van der Waals surface area contributed by atoms with Crippen LogP contribution in [0.3, 0.4) is 0 Å². The van der Waals surface area contributed by atoms with Gasteiger partial charge in [-0.3, -0.25) is 0 Å². The number of thiophene rings is 1. The zero-order valence-corrected chi connectivity index (χ0v) is 11.7. The van der Waals surface area contributed by atoms with Crippen molar-refractivity contribution in [2.75, 3.05) is 11.1 Å². The smallest absolute Gasteiger partial charge is 0.265 e. The largest absolute Gasteiger partial charge is 0.399 e. The summed E-state index contributed by atoms with van der Waals surface area (Å²) >= 11 is 4.93. The number of nitrogens with two attached hydrogens (primary N) is 1. The van der Waals surface area contributed by atoms with Crippen molar-refractivity contribution in [1.29, 1.82) is 0 Å². The van der Waals surface area contributed by atoms with E-state index >= 15 is 0 Å². The van der Waals surface area contributed by atoms with Gasteiger partial charge in [-0.2, -0.15) is 0 Å². The lowest BCUT2D eigenvalue weighted by molar-refractivity contribution is 0.152. The Morgan fingerprint density at radius 1 is 1.28 bits per heavy atom. The molecule has 96 valence electrons. The molecule has 0 amide bonds. The highest BCUT2D eigenvalue weighted by Crippen LogP contribution is 2.30. The summed E-state index contributed by atoms with van der Waals surface area (Å²) in [5, 5.41) is 3.01. The molecule has 0 aliphatic rings. The van der Waals surface area contributed by atoms with Gasteiger partial charge in [0.05, 0.1) is 3.79 Å². The Bertz CT molecular complexity index is 543. The van der Waals surface area contributed by atoms with Crippen LogP contribution in [0, 0.1) is 0 Å². The molecule has 0 atom stereocenters. The second-order valence-corrected chi connectivity index (χ2v) is 6.25. The van der Waals surface area contributed by atoms with Crippen LogP contribution in [0.25, 0.3) is 0 Å². The van der Waals surface area contributed by atoms with Crippen molar-refractivity contribution in [3.8, 4) is 0 Å². The van der Waals surface area contributed by atoms with Gasteiger partial charge in [-0.25, -0.2) is 8.78 Å². The number of rotatable bonds is 4. The van der Waals surface area contributed by atoms with Crippen LogP contribution in [0.15, 0.2) is 34.1 Å². The molecule has 1 aromatic carbocycles. The number of nitrogen functional groups attached to an aromatic ring is 1. The fraction of sp³-hybridized carbons (Fsp3) is 0.167. The van der Waals surface area contributed by atoms with E-state index in [-0.39, 0.29) is 5.56 Å². The van der Waals surface area contributed by atoms with Crippen molar-refractivity contribution in [1.82, 2.24) is 0 Å². The molecule has 1 aromatic heterocycles. The first-order chi connectivity index (χ1) is 8.56. The summed E-state index contributed by atoms with van der Waals surface area (Å²) in [6, 6.07) is 8.37. The van der Waals surface area contributed by atoms with E-state index in [4.69, 9.17) is 5.73 Å². The van der Waals surface area contributed by atoms with Crippen LogP contribution < -0.4 is 11.1 Å². The summed E-state index contributed by atoms with van der Waals surface area (Å²) in [7, 11) is 0. The van der Waals surface area contributed by atoms with E-state index < -0.39 is 6.43 Å². The Hall–Kier alpha value is -1.14. The van der Waals surface area contributed by atoms with Gasteiger partial charge < -0.3 is 11.1 Å². The van der Waals surface area contributed by atoms with Gasteiger partial charge >= 0.3 is 0 Å². The molecule has 2 nitrogen and oxygen atoms in total. The molecule has 0 saturated heterocycles. The van der Waals surface area contributed by atoms with E-state index in [0.29, 0.717) is 17.9 Å². The summed E-state index contributed by atoms with van der Waals surface area (Å²) < 4.78 is 26.7. The Balaban J connectivity index is 2.13. The molecule has 0 radical (unpaired) electrons. The topological polar surface area (TPSA) is 38.0 Å². The minimum Gasteiger partial charge on any atom is -0.399 e. The van der Waals surface area contributed by atoms with Crippen molar-refractivity contribution in [2.45, 2.75) is 13.0 Å². The van der Waals surface area contributed by atoms with Crippen LogP contribution in [0.1, 0.15) is 16.9 Å². The summed E-state index contributed by atoms with van der Waals surface area (Å²) in [5.41, 5.74) is 6.21. The lowest BCUT2D eigenvalue weighted by atomic mass is 10.1. The Labute approximate surface area is 116 Å². The predicted octanol–water partition coefficient (Wildman–Crippen LogP) is 4.64. The van der Waals surface area contributed by atoms with Crippen LogP contribution >= 0.6 is 27.3 Å². The lowest BCUT2D eigenvalue weighted by Crippen LogP contribution is -2.02. The molecule has 0 fully saturated rings. The highest BCUT2D eigenvalue weighted by molar-refractivity contribution is 9.11. The summed E-state index contributed by atoms with van der Waals surface area (Å²) in [6.45, 7) is 0.514. The fourth-order valence-corrected chi connectivity index (χ4v) is 2.97. The van der Waals surface area contributed by atoms with Crippen molar-refractivity contribution in [3.05, 3.63) is 44.6 Å². The maximum absolute atomic E-state index is 12.8. The summed E-state index contributed by atoms with van der Waals surface area (Å²) in [6.07, 6.45) is -2.54. The van der Waals surface area contributed by atoms with Crippen molar-refractivity contribution in [3.63, 3.8) is 0 Å². The second kappa shape index (κ2) is 5.67. The van der Waals surface area contributed by atoms with Gasteiger partial charge in [0, 0.05) is 28.4 Å². The molecule has 18 heavy (non-hydrogen) atoms. The fourth-order valence-electron chi connectivity index (χ4n) is 1.55. The minimum atomic E-state index is -2.54. The third-order valence-electron chi connectivity index (χ3n) is 2.39. The number of nitrogens with one attached hydrogen (secondary N) is 1. The van der Waals surface area contributed by atoms with Gasteiger partial charge in [-0.1, -0.05) is 0 Å². The number of anilines is 2. The Morgan fingerprint density at radius 2 is 2.06 bits per heavy atom. The van der Waals surface area contributed by atoms with Gasteiger partial charge in [-0.05, 0) is 46.3 Å². The van der Waals surface area contributed by atoms with E-state index in [1.807, 2.05) is 12.1 Å². The first kappa shape index (κ1) is 13.3. The molecule has 0 saturated carbocycles. The summed E-state index contributed by atoms with van der Waals surface area (Å²) in [4.78, 5) is 1.07. The molecular formula is C12H11BrF2N2S. The number of alkyl halides is 2. The molecule has 0 unspecified atom stereocenters. The SMILES string of the molecule is Nc1ccc(NCc2ccc(Br)s2)c(C(F)F)c1. The normalized spacial score (nSPS) is 10.9. The molecule has 0 aliphatic carbocycles. The molecular weight excluding hydrogens is 322 g/mol. The first-order valence-electron chi connectivity index (χ1n) is 5.22. The third-order valence-corrected chi connectivity index (χ3v) is 4.02. The van der Waals surface area contributed by atoms with Crippen LogP contribution in [0.4, 0.5) is 20.2 Å². The minimum absolute atomic E-state index is 0.0642. The molecule has 1 heterocycles. The monoisotopic (exact) mass is 332 g/mol. The van der Waals surface area contributed by atoms with Gasteiger partial charge in [0.1, 0.15) is 0 Å². The molecule has 0 bridgehead atoms. The second-order valence-electron chi connectivity index (χ2n) is 3.71. The van der Waals surface area contributed by atoms with E-state index in [2.05, 4.69) is 21.2 Å². The quantitative estimate of drug-likeness (QED) is 0.800. The Morgan fingerprint density at radius 3 is 2.67 bits per heavy atom.